The molecule has 0 unspecified atom stereocenters. The van der Waals surface area contributed by atoms with Crippen LogP contribution in [0.2, 0.25) is 0 Å². The number of rotatable bonds is 8. The Morgan fingerprint density at radius 1 is 1.21 bits per heavy atom. The van der Waals surface area contributed by atoms with Crippen molar-refractivity contribution in [2.75, 3.05) is 33.7 Å². The van der Waals surface area contributed by atoms with Crippen LogP contribution in [-0.4, -0.2) is 33.7 Å². The van der Waals surface area contributed by atoms with Gasteiger partial charge in [0.05, 0.1) is 19.8 Å². The first-order chi connectivity index (χ1) is 6.93. The van der Waals surface area contributed by atoms with Gasteiger partial charge in [-0.3, -0.25) is 0 Å². The highest BCUT2D eigenvalue weighted by Gasteiger charge is 1.93. The summed E-state index contributed by atoms with van der Waals surface area (Å²) in [5.41, 5.74) is 0. The van der Waals surface area contributed by atoms with E-state index >= 15 is 0 Å². The van der Waals surface area contributed by atoms with Crippen molar-refractivity contribution in [2.24, 2.45) is 0 Å². The van der Waals surface area contributed by atoms with Crippen LogP contribution >= 0.6 is 11.3 Å². The van der Waals surface area contributed by atoms with Crippen molar-refractivity contribution in [1.82, 2.24) is 0 Å². The SMILES string of the molecule is COCCOCOCCc1cccs1. The van der Waals surface area contributed by atoms with Crippen LogP contribution in [0.25, 0.3) is 0 Å². The van der Waals surface area contributed by atoms with Gasteiger partial charge in [0.2, 0.25) is 0 Å². The van der Waals surface area contributed by atoms with Crippen LogP contribution < -0.4 is 0 Å². The number of ether oxygens (including phenoxy) is 3. The fraction of sp³-hybridized carbons (Fsp3) is 0.600. The quantitative estimate of drug-likeness (QED) is 0.491. The van der Waals surface area contributed by atoms with E-state index in [1.807, 2.05) is 0 Å². The van der Waals surface area contributed by atoms with E-state index in [4.69, 9.17) is 14.2 Å². The lowest BCUT2D eigenvalue weighted by molar-refractivity contribution is -0.0646. The van der Waals surface area contributed by atoms with Gasteiger partial charge in [0, 0.05) is 18.4 Å². The summed E-state index contributed by atoms with van der Waals surface area (Å²) >= 11 is 1.75. The van der Waals surface area contributed by atoms with Gasteiger partial charge in [0.15, 0.2) is 0 Å². The lowest BCUT2D eigenvalue weighted by Gasteiger charge is -2.04. The molecular weight excluding hydrogens is 200 g/mol. The molecule has 0 saturated carbocycles. The maximum absolute atomic E-state index is 5.28. The van der Waals surface area contributed by atoms with Crippen molar-refractivity contribution in [1.29, 1.82) is 0 Å². The van der Waals surface area contributed by atoms with Gasteiger partial charge in [-0.2, -0.15) is 0 Å². The van der Waals surface area contributed by atoms with Gasteiger partial charge in [-0.15, -0.1) is 11.3 Å². The van der Waals surface area contributed by atoms with Gasteiger partial charge in [-0.25, -0.2) is 0 Å². The average molecular weight is 216 g/mol. The molecule has 0 saturated heterocycles. The lowest BCUT2D eigenvalue weighted by atomic mass is 10.4. The van der Waals surface area contributed by atoms with E-state index in [-0.39, 0.29) is 0 Å². The zero-order valence-electron chi connectivity index (χ0n) is 8.40. The molecule has 14 heavy (non-hydrogen) atoms. The Morgan fingerprint density at radius 3 is 2.79 bits per heavy atom. The minimum atomic E-state index is 0.356. The monoisotopic (exact) mass is 216 g/mol. The summed E-state index contributed by atoms with van der Waals surface area (Å²) in [5, 5.41) is 2.07. The van der Waals surface area contributed by atoms with Gasteiger partial charge >= 0.3 is 0 Å². The highest BCUT2D eigenvalue weighted by Crippen LogP contribution is 2.08. The smallest absolute Gasteiger partial charge is 0.146 e. The summed E-state index contributed by atoms with van der Waals surface area (Å²) in [6.07, 6.45) is 0.964. The van der Waals surface area contributed by atoms with Crippen LogP contribution in [0.15, 0.2) is 17.5 Å². The summed E-state index contributed by atoms with van der Waals surface area (Å²) in [4.78, 5) is 1.35. The Labute approximate surface area is 88.6 Å². The van der Waals surface area contributed by atoms with Gasteiger partial charge < -0.3 is 14.2 Å². The predicted octanol–water partition coefficient (Wildman–Crippen LogP) is 1.93. The van der Waals surface area contributed by atoms with E-state index in [1.54, 1.807) is 18.4 Å². The fourth-order valence-electron chi connectivity index (χ4n) is 0.947. The molecule has 0 bridgehead atoms. The molecular formula is C10H16O3S. The van der Waals surface area contributed by atoms with Crippen molar-refractivity contribution in [3.63, 3.8) is 0 Å². The molecule has 0 N–H and O–H groups in total. The average Bonchev–Trinajstić information content (AvgIpc) is 2.69. The van der Waals surface area contributed by atoms with Crippen molar-refractivity contribution in [3.05, 3.63) is 22.4 Å². The van der Waals surface area contributed by atoms with Crippen LogP contribution in [0, 0.1) is 0 Å². The van der Waals surface area contributed by atoms with Crippen LogP contribution in [-0.2, 0) is 20.6 Å². The molecule has 0 radical (unpaired) electrons. The highest BCUT2D eigenvalue weighted by molar-refractivity contribution is 7.09. The van der Waals surface area contributed by atoms with E-state index in [0.717, 1.165) is 6.42 Å². The van der Waals surface area contributed by atoms with E-state index in [1.165, 1.54) is 4.88 Å². The standard InChI is InChI=1S/C10H16O3S/c1-11-6-7-13-9-12-5-4-10-3-2-8-14-10/h2-3,8H,4-7,9H2,1H3. The fourth-order valence-corrected chi connectivity index (χ4v) is 1.64. The highest BCUT2D eigenvalue weighted by atomic mass is 32.1. The maximum Gasteiger partial charge on any atom is 0.146 e. The zero-order chi connectivity index (χ0) is 10.1. The molecule has 0 aliphatic rings. The maximum atomic E-state index is 5.28. The number of hydrogen-bond acceptors (Lipinski definition) is 4. The molecule has 0 atom stereocenters. The second-order valence-corrected chi connectivity index (χ2v) is 3.79. The summed E-state index contributed by atoms with van der Waals surface area (Å²) in [6, 6.07) is 4.16. The van der Waals surface area contributed by atoms with Crippen LogP contribution in [0.4, 0.5) is 0 Å². The predicted molar refractivity (Wildman–Crippen MR) is 56.7 cm³/mol. The lowest BCUT2D eigenvalue weighted by Crippen LogP contribution is -2.07. The van der Waals surface area contributed by atoms with E-state index in [0.29, 0.717) is 26.6 Å². The molecule has 1 rings (SSSR count). The first kappa shape index (κ1) is 11.7. The van der Waals surface area contributed by atoms with Crippen molar-refractivity contribution in [2.45, 2.75) is 6.42 Å². The summed E-state index contributed by atoms with van der Waals surface area (Å²) in [5.74, 6) is 0. The molecule has 80 valence electrons. The van der Waals surface area contributed by atoms with Gasteiger partial charge in [-0.1, -0.05) is 6.07 Å². The molecule has 1 heterocycles. The normalized spacial score (nSPS) is 10.6. The third-order valence-corrected chi connectivity index (χ3v) is 2.61. The first-order valence-corrected chi connectivity index (χ1v) is 5.48. The Hall–Kier alpha value is -0.420. The molecule has 0 aliphatic heterocycles. The van der Waals surface area contributed by atoms with E-state index in [2.05, 4.69) is 17.5 Å². The second-order valence-electron chi connectivity index (χ2n) is 2.76. The third-order valence-electron chi connectivity index (χ3n) is 1.67. The van der Waals surface area contributed by atoms with Crippen LogP contribution in [0.3, 0.4) is 0 Å². The number of methoxy groups -OCH3 is 1. The first-order valence-electron chi connectivity index (χ1n) is 4.60. The summed E-state index contributed by atoms with van der Waals surface area (Å²) < 4.78 is 15.3. The van der Waals surface area contributed by atoms with Crippen molar-refractivity contribution >= 4 is 11.3 Å². The van der Waals surface area contributed by atoms with Crippen LogP contribution in [0.5, 0.6) is 0 Å². The van der Waals surface area contributed by atoms with Crippen LogP contribution in [0.1, 0.15) is 4.88 Å². The van der Waals surface area contributed by atoms with Gasteiger partial charge in [0.1, 0.15) is 6.79 Å². The summed E-state index contributed by atoms with van der Waals surface area (Å²) in [6.45, 7) is 2.28. The van der Waals surface area contributed by atoms with Gasteiger partial charge in [-0.05, 0) is 11.4 Å². The molecule has 1 aromatic rings. The minimum absolute atomic E-state index is 0.356. The Balaban J connectivity index is 1.85. The van der Waals surface area contributed by atoms with E-state index in [9.17, 15) is 0 Å². The molecule has 4 heteroatoms. The molecule has 0 aromatic carbocycles. The van der Waals surface area contributed by atoms with E-state index < -0.39 is 0 Å². The second kappa shape index (κ2) is 7.94. The molecule has 1 aromatic heterocycles. The molecule has 0 fully saturated rings. The Bertz CT molecular complexity index is 211. The number of thiophene rings is 1. The zero-order valence-corrected chi connectivity index (χ0v) is 9.22. The Kier molecular flexibility index (Phi) is 6.61. The van der Waals surface area contributed by atoms with Crippen molar-refractivity contribution < 1.29 is 14.2 Å². The summed E-state index contributed by atoms with van der Waals surface area (Å²) in [7, 11) is 1.65. The van der Waals surface area contributed by atoms with Crippen molar-refractivity contribution in [3.8, 4) is 0 Å². The molecule has 0 amide bonds. The van der Waals surface area contributed by atoms with Gasteiger partial charge in [0.25, 0.3) is 0 Å². The molecule has 0 aliphatic carbocycles. The third kappa shape index (κ3) is 5.34. The molecule has 0 spiro atoms. The number of hydrogen-bond donors (Lipinski definition) is 0. The topological polar surface area (TPSA) is 27.7 Å². The molecule has 3 nitrogen and oxygen atoms in total. The Morgan fingerprint density at radius 2 is 2.07 bits per heavy atom. The minimum Gasteiger partial charge on any atom is -0.382 e. The largest absolute Gasteiger partial charge is 0.382 e.